The molecule has 2 heterocycles. The Kier molecular flexibility index (Phi) is 5.61. The molecule has 1 aromatic rings. The Labute approximate surface area is 163 Å². The van der Waals surface area contributed by atoms with Crippen LogP contribution in [-0.2, 0) is 9.59 Å². The van der Waals surface area contributed by atoms with E-state index >= 15 is 0 Å². The van der Waals surface area contributed by atoms with Crippen LogP contribution in [0.2, 0.25) is 0 Å². The normalized spacial score (nSPS) is 21.6. The largest absolute Gasteiger partial charge is 0.319 e. The lowest BCUT2D eigenvalue weighted by Gasteiger charge is -2.24. The highest BCUT2D eigenvalue weighted by Crippen LogP contribution is 2.33. The molecule has 0 saturated carbocycles. The first kappa shape index (κ1) is 19.1. The Morgan fingerprint density at radius 1 is 1.37 bits per heavy atom. The van der Waals surface area contributed by atoms with Crippen LogP contribution >= 0.6 is 11.3 Å². The van der Waals surface area contributed by atoms with Gasteiger partial charge in [0, 0.05) is 44.6 Å². The van der Waals surface area contributed by atoms with Crippen molar-refractivity contribution in [3.05, 3.63) is 35.0 Å². The molecule has 3 rings (SSSR count). The minimum atomic E-state index is -0.388. The van der Waals surface area contributed by atoms with Crippen LogP contribution in [0.15, 0.2) is 29.3 Å². The molecule has 8 heteroatoms. The molecule has 2 amide bonds. The van der Waals surface area contributed by atoms with Crippen LogP contribution in [0.3, 0.4) is 0 Å². The van der Waals surface area contributed by atoms with Crippen molar-refractivity contribution >= 4 is 28.3 Å². The van der Waals surface area contributed by atoms with E-state index in [0.717, 1.165) is 17.8 Å². The van der Waals surface area contributed by atoms with E-state index in [1.54, 1.807) is 35.7 Å². The monoisotopic (exact) mass is 385 g/mol. The number of rotatable bonds is 4. The summed E-state index contributed by atoms with van der Waals surface area (Å²) in [4.78, 5) is 33.8. The van der Waals surface area contributed by atoms with Crippen molar-refractivity contribution in [3.63, 3.8) is 0 Å². The van der Waals surface area contributed by atoms with Crippen molar-refractivity contribution in [1.82, 2.24) is 14.8 Å². The molecule has 1 aliphatic carbocycles. The quantitative estimate of drug-likeness (QED) is 0.744. The summed E-state index contributed by atoms with van der Waals surface area (Å²) < 4.78 is 0. The number of amides is 2. The smallest absolute Gasteiger partial charge is 0.251 e. The Bertz CT molecular complexity index is 837. The summed E-state index contributed by atoms with van der Waals surface area (Å²) in [6.45, 7) is 2.18. The number of anilines is 1. The Balaban J connectivity index is 1.71. The fourth-order valence-electron chi connectivity index (χ4n) is 3.38. The summed E-state index contributed by atoms with van der Waals surface area (Å²) in [5.41, 5.74) is 1.83. The first-order valence-corrected chi connectivity index (χ1v) is 9.81. The van der Waals surface area contributed by atoms with Gasteiger partial charge in [0.15, 0.2) is 11.3 Å². The van der Waals surface area contributed by atoms with Crippen molar-refractivity contribution in [1.29, 1.82) is 5.26 Å². The van der Waals surface area contributed by atoms with Gasteiger partial charge in [-0.2, -0.15) is 5.26 Å². The third-order valence-corrected chi connectivity index (χ3v) is 6.07. The predicted octanol–water partition coefficient (Wildman–Crippen LogP) is 2.46. The Hall–Kier alpha value is -2.66. The number of nitriles is 1. The molecule has 1 aliphatic heterocycles. The molecule has 0 bridgehead atoms. The molecule has 2 atom stereocenters. The number of likely N-dealkylation sites (tertiary alicyclic amines) is 1. The van der Waals surface area contributed by atoms with E-state index in [2.05, 4.69) is 17.3 Å². The lowest BCUT2D eigenvalue weighted by molar-refractivity contribution is -0.126. The van der Waals surface area contributed by atoms with Gasteiger partial charge in [0.25, 0.3) is 5.91 Å². The van der Waals surface area contributed by atoms with Gasteiger partial charge >= 0.3 is 0 Å². The maximum Gasteiger partial charge on any atom is 0.251 e. The third-order valence-electron chi connectivity index (χ3n) is 5.14. The lowest BCUT2D eigenvalue weighted by atomic mass is 9.95. The first-order valence-electron chi connectivity index (χ1n) is 8.93. The van der Waals surface area contributed by atoms with E-state index in [1.807, 2.05) is 17.5 Å². The number of nitrogens with zero attached hydrogens (tertiary/aromatic N) is 5. The van der Waals surface area contributed by atoms with Crippen LogP contribution in [0.5, 0.6) is 0 Å². The minimum absolute atomic E-state index is 0.00166. The zero-order chi connectivity index (χ0) is 19.6. The van der Waals surface area contributed by atoms with Crippen LogP contribution in [0.25, 0.3) is 0 Å². The number of hydrogen-bond acceptors (Lipinski definition) is 6. The Morgan fingerprint density at radius 3 is 2.85 bits per heavy atom. The molecule has 1 aromatic heterocycles. The number of likely N-dealkylation sites (N-methyl/N-ethyl adjacent to an activating group) is 1. The average Bonchev–Trinajstić information content (AvgIpc) is 3.35. The number of hydrogen-bond donors (Lipinski definition) is 0. The van der Waals surface area contributed by atoms with Crippen molar-refractivity contribution in [2.75, 3.05) is 25.5 Å². The number of carbonyl (C=O) groups is 2. The van der Waals surface area contributed by atoms with Gasteiger partial charge in [0.2, 0.25) is 5.91 Å². The molecule has 0 spiro atoms. The zero-order valence-electron chi connectivity index (χ0n) is 15.8. The van der Waals surface area contributed by atoms with E-state index in [9.17, 15) is 14.9 Å². The molecule has 1 fully saturated rings. The second kappa shape index (κ2) is 7.92. The topological polar surface area (TPSA) is 80.5 Å². The zero-order valence-corrected chi connectivity index (χ0v) is 16.6. The highest BCUT2D eigenvalue weighted by molar-refractivity contribution is 7.14. The van der Waals surface area contributed by atoms with Crippen LogP contribution in [0.4, 0.5) is 5.13 Å². The molecule has 142 valence electrons. The van der Waals surface area contributed by atoms with E-state index in [-0.39, 0.29) is 23.8 Å². The van der Waals surface area contributed by atoms with Crippen LogP contribution in [0, 0.1) is 11.5 Å². The highest BCUT2D eigenvalue weighted by Gasteiger charge is 2.33. The number of carbonyl (C=O) groups excluding carboxylic acids is 2. The summed E-state index contributed by atoms with van der Waals surface area (Å²) in [6, 6.07) is -0.388. The van der Waals surface area contributed by atoms with Gasteiger partial charge in [0.1, 0.15) is 6.04 Å². The van der Waals surface area contributed by atoms with Crippen molar-refractivity contribution < 1.29 is 9.59 Å². The molecule has 7 nitrogen and oxygen atoms in total. The average molecular weight is 385 g/mol. The van der Waals surface area contributed by atoms with Gasteiger partial charge in [-0.3, -0.25) is 19.4 Å². The SMILES string of the molecule is CC(=O)N(C)C1=CC=C[C@H](c2csc(N(C)C(=O)[C@@H]3CCCN3C#N)n2)C1. The summed E-state index contributed by atoms with van der Waals surface area (Å²) in [7, 11) is 3.48. The summed E-state index contributed by atoms with van der Waals surface area (Å²) in [6.07, 6.45) is 10.3. The number of allylic oxidation sites excluding steroid dienone is 4. The molecule has 2 aliphatic rings. The summed E-state index contributed by atoms with van der Waals surface area (Å²) in [5.74, 6) is -0.0216. The van der Waals surface area contributed by atoms with Crippen LogP contribution < -0.4 is 4.90 Å². The summed E-state index contributed by atoms with van der Waals surface area (Å²) >= 11 is 1.42. The van der Waals surface area contributed by atoms with Crippen LogP contribution in [0.1, 0.15) is 37.8 Å². The van der Waals surface area contributed by atoms with Crippen LogP contribution in [-0.4, -0.2) is 53.3 Å². The molecule has 27 heavy (non-hydrogen) atoms. The van der Waals surface area contributed by atoms with Gasteiger partial charge in [-0.1, -0.05) is 12.2 Å². The molecule has 0 radical (unpaired) electrons. The third kappa shape index (κ3) is 3.88. The molecule has 0 aromatic carbocycles. The Morgan fingerprint density at radius 2 is 2.15 bits per heavy atom. The standard InChI is InChI=1S/C19H23N5O2S/c1-13(25)22(2)15-7-4-6-14(10-15)16-11-27-19(21-16)23(3)18(26)17-8-5-9-24(17)12-20/h4,6-7,11,14,17H,5,8-10H2,1-3H3/t14-,17-/m0/s1. The highest BCUT2D eigenvalue weighted by atomic mass is 32.1. The van der Waals surface area contributed by atoms with Gasteiger partial charge < -0.3 is 4.90 Å². The molecule has 0 unspecified atom stereocenters. The van der Waals surface area contributed by atoms with E-state index < -0.39 is 0 Å². The van der Waals surface area contributed by atoms with Gasteiger partial charge in [-0.15, -0.1) is 11.3 Å². The number of aromatic nitrogens is 1. The second-order valence-electron chi connectivity index (χ2n) is 6.84. The van der Waals surface area contributed by atoms with Crippen molar-refractivity contribution in [3.8, 4) is 6.19 Å². The minimum Gasteiger partial charge on any atom is -0.319 e. The summed E-state index contributed by atoms with van der Waals surface area (Å²) in [5, 5.41) is 11.8. The molecular formula is C19H23N5O2S. The van der Waals surface area contributed by atoms with Crippen molar-refractivity contribution in [2.24, 2.45) is 0 Å². The molecule has 1 saturated heterocycles. The molecule has 0 N–H and O–H groups in total. The predicted molar refractivity (Wildman–Crippen MR) is 104 cm³/mol. The number of thiazole rings is 1. The first-order chi connectivity index (χ1) is 12.9. The van der Waals surface area contributed by atoms with Gasteiger partial charge in [-0.25, -0.2) is 4.98 Å². The lowest BCUT2D eigenvalue weighted by Crippen LogP contribution is -2.42. The fourth-order valence-corrected chi connectivity index (χ4v) is 4.24. The van der Waals surface area contributed by atoms with E-state index in [0.29, 0.717) is 24.5 Å². The van der Waals surface area contributed by atoms with Gasteiger partial charge in [0.05, 0.1) is 5.69 Å². The maximum absolute atomic E-state index is 12.7. The van der Waals surface area contributed by atoms with Gasteiger partial charge in [-0.05, 0) is 25.3 Å². The molecular weight excluding hydrogens is 362 g/mol. The second-order valence-corrected chi connectivity index (χ2v) is 7.67. The van der Waals surface area contributed by atoms with Crippen molar-refractivity contribution in [2.45, 2.75) is 38.1 Å². The maximum atomic E-state index is 12.7. The van der Waals surface area contributed by atoms with E-state index in [4.69, 9.17) is 0 Å². The fraction of sp³-hybridized carbons (Fsp3) is 0.474. The van der Waals surface area contributed by atoms with E-state index in [1.165, 1.54) is 11.3 Å².